The molecule has 0 radical (unpaired) electrons. The lowest BCUT2D eigenvalue weighted by molar-refractivity contribution is 0.0992. The van der Waals surface area contributed by atoms with Crippen molar-refractivity contribution in [2.24, 2.45) is 7.05 Å². The van der Waals surface area contributed by atoms with E-state index in [0.29, 0.717) is 0 Å². The molecule has 0 saturated carbocycles. The number of ketones is 1. The number of carbonyl (C=O) groups is 1. The van der Waals surface area contributed by atoms with Gasteiger partial charge in [0.1, 0.15) is 5.82 Å². The molecule has 1 aromatic heterocycles. The van der Waals surface area contributed by atoms with Gasteiger partial charge in [0, 0.05) is 30.3 Å². The Hall–Kier alpha value is -1.68. The van der Waals surface area contributed by atoms with Gasteiger partial charge in [-0.3, -0.25) is 9.48 Å². The second kappa shape index (κ2) is 5.13. The second-order valence-electron chi connectivity index (χ2n) is 4.50. The lowest BCUT2D eigenvalue weighted by atomic mass is 10.0. The number of aryl methyl sites for hydroxylation is 2. The van der Waals surface area contributed by atoms with Crippen LogP contribution in [-0.4, -0.2) is 15.6 Å². The van der Waals surface area contributed by atoms with Gasteiger partial charge in [0.2, 0.25) is 0 Å². The topological polar surface area (TPSA) is 34.9 Å². The molecular weight excluding hydrogens is 267 g/mol. The summed E-state index contributed by atoms with van der Waals surface area (Å²) in [5.74, 6) is -0.670. The number of aromatic nitrogens is 2. The molecule has 0 aliphatic rings. The van der Waals surface area contributed by atoms with Crippen LogP contribution in [0.1, 0.15) is 27.3 Å². The van der Waals surface area contributed by atoms with Gasteiger partial charge in [-0.05, 0) is 32.0 Å². The first-order valence-corrected chi connectivity index (χ1v) is 6.25. The number of benzene rings is 1. The van der Waals surface area contributed by atoms with E-state index >= 15 is 0 Å². The summed E-state index contributed by atoms with van der Waals surface area (Å²) in [4.78, 5) is 12.2. The summed E-state index contributed by atoms with van der Waals surface area (Å²) in [7, 11) is 1.82. The average molecular weight is 281 g/mol. The smallest absolute Gasteiger partial charge is 0.168 e. The standard InChI is InChI=1S/C14H14ClFN2O/c1-8-11(9(2)18(3)17-8)7-14(19)12-6-10(16)4-5-13(12)15/h4-6H,7H2,1-3H3. The lowest BCUT2D eigenvalue weighted by Gasteiger charge is -2.04. The summed E-state index contributed by atoms with van der Waals surface area (Å²) < 4.78 is 14.9. The molecule has 0 unspecified atom stereocenters. The first-order valence-electron chi connectivity index (χ1n) is 5.87. The minimum Gasteiger partial charge on any atom is -0.294 e. The zero-order chi connectivity index (χ0) is 14.2. The van der Waals surface area contributed by atoms with Gasteiger partial charge in [-0.1, -0.05) is 11.6 Å². The van der Waals surface area contributed by atoms with Crippen LogP contribution >= 0.6 is 11.6 Å². The highest BCUT2D eigenvalue weighted by Crippen LogP contribution is 2.21. The third kappa shape index (κ3) is 2.68. The molecule has 1 aromatic carbocycles. The lowest BCUT2D eigenvalue weighted by Crippen LogP contribution is -2.06. The Bertz CT molecular complexity index is 649. The van der Waals surface area contributed by atoms with Gasteiger partial charge in [0.25, 0.3) is 0 Å². The molecule has 1 heterocycles. The molecule has 0 saturated heterocycles. The van der Waals surface area contributed by atoms with E-state index in [9.17, 15) is 9.18 Å². The molecule has 2 aromatic rings. The normalized spacial score (nSPS) is 10.8. The van der Waals surface area contributed by atoms with Gasteiger partial charge < -0.3 is 0 Å². The summed E-state index contributed by atoms with van der Waals surface area (Å²) in [6.45, 7) is 3.75. The molecule has 0 N–H and O–H groups in total. The highest BCUT2D eigenvalue weighted by Gasteiger charge is 2.17. The number of rotatable bonds is 3. The van der Waals surface area contributed by atoms with Crippen molar-refractivity contribution in [3.05, 3.63) is 51.6 Å². The van der Waals surface area contributed by atoms with E-state index in [-0.39, 0.29) is 22.8 Å². The number of Topliss-reactive ketones (excluding diaryl/α,β-unsaturated/α-hetero) is 1. The van der Waals surface area contributed by atoms with Crippen molar-refractivity contribution in [3.63, 3.8) is 0 Å². The minimum atomic E-state index is -0.465. The van der Waals surface area contributed by atoms with Crippen LogP contribution in [-0.2, 0) is 13.5 Å². The van der Waals surface area contributed by atoms with Crippen LogP contribution in [0.2, 0.25) is 5.02 Å². The van der Waals surface area contributed by atoms with Crippen molar-refractivity contribution in [3.8, 4) is 0 Å². The summed E-state index contributed by atoms with van der Waals surface area (Å²) in [6, 6.07) is 3.80. The number of hydrogen-bond acceptors (Lipinski definition) is 2. The number of hydrogen-bond donors (Lipinski definition) is 0. The van der Waals surface area contributed by atoms with Crippen molar-refractivity contribution in [2.75, 3.05) is 0 Å². The molecule has 5 heteroatoms. The van der Waals surface area contributed by atoms with Crippen LogP contribution in [0.25, 0.3) is 0 Å². The fourth-order valence-electron chi connectivity index (χ4n) is 2.04. The Morgan fingerprint density at radius 2 is 2.11 bits per heavy atom. The quantitative estimate of drug-likeness (QED) is 0.809. The van der Waals surface area contributed by atoms with Gasteiger partial charge in [-0.2, -0.15) is 5.10 Å². The average Bonchev–Trinajstić information content (AvgIpc) is 2.59. The maximum absolute atomic E-state index is 13.2. The number of halogens is 2. The molecule has 0 aliphatic heterocycles. The van der Waals surface area contributed by atoms with Gasteiger partial charge in [0.05, 0.1) is 10.7 Å². The zero-order valence-electron chi connectivity index (χ0n) is 11.0. The summed E-state index contributed by atoms with van der Waals surface area (Å²) in [5.41, 5.74) is 2.82. The Balaban J connectivity index is 2.33. The van der Waals surface area contributed by atoms with E-state index in [2.05, 4.69) is 5.10 Å². The Kier molecular flexibility index (Phi) is 3.71. The molecular formula is C14H14ClFN2O. The van der Waals surface area contributed by atoms with Crippen molar-refractivity contribution >= 4 is 17.4 Å². The predicted octanol–water partition coefficient (Wildman–Crippen LogP) is 3.25. The van der Waals surface area contributed by atoms with E-state index in [1.165, 1.54) is 18.2 Å². The molecule has 2 rings (SSSR count). The van der Waals surface area contributed by atoms with Crippen LogP contribution < -0.4 is 0 Å². The minimum absolute atomic E-state index is 0.175. The third-order valence-corrected chi connectivity index (χ3v) is 3.55. The molecule has 0 bridgehead atoms. The van der Waals surface area contributed by atoms with Crippen molar-refractivity contribution in [1.29, 1.82) is 0 Å². The van der Waals surface area contributed by atoms with E-state index < -0.39 is 5.82 Å². The molecule has 0 atom stereocenters. The largest absolute Gasteiger partial charge is 0.294 e. The van der Waals surface area contributed by atoms with E-state index in [4.69, 9.17) is 11.6 Å². The summed E-state index contributed by atoms with van der Waals surface area (Å²) >= 11 is 5.93. The molecule has 100 valence electrons. The SMILES string of the molecule is Cc1nn(C)c(C)c1CC(=O)c1cc(F)ccc1Cl. The number of carbonyl (C=O) groups excluding carboxylic acids is 1. The van der Waals surface area contributed by atoms with Crippen LogP contribution in [0.4, 0.5) is 4.39 Å². The van der Waals surface area contributed by atoms with Crippen LogP contribution in [0, 0.1) is 19.7 Å². The van der Waals surface area contributed by atoms with Crippen LogP contribution in [0.5, 0.6) is 0 Å². The first-order chi connectivity index (χ1) is 8.90. The van der Waals surface area contributed by atoms with Crippen LogP contribution in [0.3, 0.4) is 0 Å². The van der Waals surface area contributed by atoms with E-state index in [1.54, 1.807) is 4.68 Å². The van der Waals surface area contributed by atoms with Gasteiger partial charge in [0.15, 0.2) is 5.78 Å². The number of nitrogens with zero attached hydrogens (tertiary/aromatic N) is 2. The van der Waals surface area contributed by atoms with Gasteiger partial charge in [-0.15, -0.1) is 0 Å². The zero-order valence-corrected chi connectivity index (χ0v) is 11.8. The van der Waals surface area contributed by atoms with Gasteiger partial charge in [-0.25, -0.2) is 4.39 Å². The molecule has 0 spiro atoms. The summed E-state index contributed by atoms with van der Waals surface area (Å²) in [6.07, 6.45) is 0.175. The summed E-state index contributed by atoms with van der Waals surface area (Å²) in [5, 5.41) is 4.52. The molecule has 0 aliphatic carbocycles. The highest BCUT2D eigenvalue weighted by atomic mass is 35.5. The Morgan fingerprint density at radius 3 is 2.68 bits per heavy atom. The molecule has 0 fully saturated rings. The van der Waals surface area contributed by atoms with Crippen molar-refractivity contribution < 1.29 is 9.18 Å². The van der Waals surface area contributed by atoms with E-state index in [1.807, 2.05) is 20.9 Å². The first kappa shape index (κ1) is 13.7. The van der Waals surface area contributed by atoms with Crippen molar-refractivity contribution in [1.82, 2.24) is 9.78 Å². The Labute approximate surface area is 116 Å². The maximum Gasteiger partial charge on any atom is 0.168 e. The second-order valence-corrected chi connectivity index (χ2v) is 4.90. The van der Waals surface area contributed by atoms with E-state index in [0.717, 1.165) is 17.0 Å². The maximum atomic E-state index is 13.2. The van der Waals surface area contributed by atoms with Crippen LogP contribution in [0.15, 0.2) is 18.2 Å². The Morgan fingerprint density at radius 1 is 1.42 bits per heavy atom. The monoisotopic (exact) mass is 280 g/mol. The molecule has 3 nitrogen and oxygen atoms in total. The van der Waals surface area contributed by atoms with Crippen molar-refractivity contribution in [2.45, 2.75) is 20.3 Å². The fourth-order valence-corrected chi connectivity index (χ4v) is 2.26. The highest BCUT2D eigenvalue weighted by molar-refractivity contribution is 6.34. The molecule has 0 amide bonds. The third-order valence-electron chi connectivity index (χ3n) is 3.23. The fraction of sp³-hybridized carbons (Fsp3) is 0.286. The molecule has 19 heavy (non-hydrogen) atoms. The predicted molar refractivity (Wildman–Crippen MR) is 72.1 cm³/mol. The van der Waals surface area contributed by atoms with Gasteiger partial charge >= 0.3 is 0 Å².